The van der Waals surface area contributed by atoms with Crippen LogP contribution in [0.15, 0.2) is 18.3 Å². The molecular formula is C13H18N4O2. The Morgan fingerprint density at radius 1 is 1.37 bits per heavy atom. The van der Waals surface area contributed by atoms with Crippen molar-refractivity contribution in [3.8, 4) is 0 Å². The van der Waals surface area contributed by atoms with Gasteiger partial charge in [-0.15, -0.1) is 0 Å². The average molecular weight is 262 g/mol. The van der Waals surface area contributed by atoms with Crippen LogP contribution in [0, 0.1) is 0 Å². The highest BCUT2D eigenvalue weighted by Crippen LogP contribution is 2.12. The predicted molar refractivity (Wildman–Crippen MR) is 70.8 cm³/mol. The molecule has 102 valence electrons. The van der Waals surface area contributed by atoms with Crippen LogP contribution in [-0.4, -0.2) is 59.3 Å². The molecule has 1 atom stereocenters. The summed E-state index contributed by atoms with van der Waals surface area (Å²) in [6.07, 6.45) is 1.34. The van der Waals surface area contributed by atoms with Crippen molar-refractivity contribution < 1.29 is 9.59 Å². The van der Waals surface area contributed by atoms with Gasteiger partial charge in [-0.3, -0.25) is 14.6 Å². The molecule has 6 nitrogen and oxygen atoms in total. The molecule has 2 N–H and O–H groups in total. The summed E-state index contributed by atoms with van der Waals surface area (Å²) in [7, 11) is 2.04. The van der Waals surface area contributed by atoms with Crippen LogP contribution in [0.4, 0.5) is 0 Å². The molecule has 1 aromatic rings. The number of primary amides is 1. The van der Waals surface area contributed by atoms with E-state index in [1.165, 1.54) is 12.3 Å². The Balaban J connectivity index is 2.13. The van der Waals surface area contributed by atoms with E-state index in [1.807, 2.05) is 18.9 Å². The van der Waals surface area contributed by atoms with Gasteiger partial charge in [0.05, 0.1) is 5.56 Å². The van der Waals surface area contributed by atoms with Crippen LogP contribution in [-0.2, 0) is 0 Å². The van der Waals surface area contributed by atoms with E-state index in [1.54, 1.807) is 6.07 Å². The van der Waals surface area contributed by atoms with Crippen molar-refractivity contribution in [2.24, 2.45) is 5.73 Å². The third-order valence-electron chi connectivity index (χ3n) is 3.36. The highest BCUT2D eigenvalue weighted by molar-refractivity contribution is 5.95. The maximum absolute atomic E-state index is 12.3. The minimum absolute atomic E-state index is 0.100. The summed E-state index contributed by atoms with van der Waals surface area (Å²) in [6.45, 7) is 4.42. The van der Waals surface area contributed by atoms with E-state index in [9.17, 15) is 9.59 Å². The Kier molecular flexibility index (Phi) is 3.80. The second-order valence-corrected chi connectivity index (χ2v) is 4.91. The van der Waals surface area contributed by atoms with Gasteiger partial charge in [0.15, 0.2) is 0 Å². The minimum atomic E-state index is -0.542. The number of aromatic nitrogens is 1. The van der Waals surface area contributed by atoms with Gasteiger partial charge < -0.3 is 15.5 Å². The van der Waals surface area contributed by atoms with Crippen molar-refractivity contribution in [1.29, 1.82) is 0 Å². The number of nitrogens with two attached hydrogens (primary N) is 1. The molecule has 1 aliphatic rings. The number of nitrogens with zero attached hydrogens (tertiary/aromatic N) is 3. The van der Waals surface area contributed by atoms with E-state index in [4.69, 9.17) is 5.73 Å². The van der Waals surface area contributed by atoms with Gasteiger partial charge in [-0.05, 0) is 26.1 Å². The van der Waals surface area contributed by atoms with Gasteiger partial charge in [0.2, 0.25) is 5.91 Å². The molecule has 2 heterocycles. The third kappa shape index (κ3) is 2.90. The number of amides is 2. The Hall–Kier alpha value is -1.95. The van der Waals surface area contributed by atoms with Crippen LogP contribution in [0.5, 0.6) is 0 Å². The first-order valence-corrected chi connectivity index (χ1v) is 6.24. The predicted octanol–water partition coefficient (Wildman–Crippen LogP) is -0.0434. The Bertz CT molecular complexity index is 486. The fourth-order valence-electron chi connectivity index (χ4n) is 2.25. The van der Waals surface area contributed by atoms with Crippen LogP contribution in [0.1, 0.15) is 27.8 Å². The number of rotatable bonds is 2. The number of carbonyl (C=O) groups is 2. The quantitative estimate of drug-likeness (QED) is 0.811. The van der Waals surface area contributed by atoms with E-state index in [-0.39, 0.29) is 11.9 Å². The molecule has 1 aromatic heterocycles. The zero-order valence-electron chi connectivity index (χ0n) is 11.2. The summed E-state index contributed by atoms with van der Waals surface area (Å²) in [4.78, 5) is 31.3. The zero-order chi connectivity index (χ0) is 14.0. The smallest absolute Gasteiger partial charge is 0.272 e. The average Bonchev–Trinajstić information content (AvgIpc) is 2.38. The first kappa shape index (κ1) is 13.5. The zero-order valence-corrected chi connectivity index (χ0v) is 11.2. The Labute approximate surface area is 112 Å². The first-order valence-electron chi connectivity index (χ1n) is 6.24. The second kappa shape index (κ2) is 5.36. The van der Waals surface area contributed by atoms with Crippen molar-refractivity contribution in [3.63, 3.8) is 0 Å². The number of likely N-dealkylation sites (N-methyl/N-ethyl adjacent to an activating group) is 1. The third-order valence-corrected chi connectivity index (χ3v) is 3.36. The molecule has 0 radical (unpaired) electrons. The number of pyridine rings is 1. The van der Waals surface area contributed by atoms with Gasteiger partial charge in [-0.2, -0.15) is 0 Å². The van der Waals surface area contributed by atoms with Crippen LogP contribution in [0.25, 0.3) is 0 Å². The van der Waals surface area contributed by atoms with Gasteiger partial charge in [-0.25, -0.2) is 0 Å². The highest BCUT2D eigenvalue weighted by Gasteiger charge is 2.27. The molecule has 19 heavy (non-hydrogen) atoms. The molecule has 0 aromatic carbocycles. The molecule has 0 bridgehead atoms. The molecule has 1 aliphatic heterocycles. The van der Waals surface area contributed by atoms with Gasteiger partial charge >= 0.3 is 0 Å². The Morgan fingerprint density at radius 2 is 2.11 bits per heavy atom. The summed E-state index contributed by atoms with van der Waals surface area (Å²) in [5, 5.41) is 0. The van der Waals surface area contributed by atoms with Gasteiger partial charge in [0.1, 0.15) is 5.69 Å². The maximum atomic E-state index is 12.3. The van der Waals surface area contributed by atoms with Crippen LogP contribution in [0.2, 0.25) is 0 Å². The first-order chi connectivity index (χ1) is 8.99. The molecule has 1 saturated heterocycles. The van der Waals surface area contributed by atoms with Crippen molar-refractivity contribution in [2.45, 2.75) is 13.0 Å². The summed E-state index contributed by atoms with van der Waals surface area (Å²) < 4.78 is 0. The lowest BCUT2D eigenvalue weighted by atomic mass is 10.1. The number of hydrogen-bond acceptors (Lipinski definition) is 4. The molecule has 2 rings (SSSR count). The molecule has 0 saturated carbocycles. The monoisotopic (exact) mass is 262 g/mol. The lowest BCUT2D eigenvalue weighted by molar-refractivity contribution is 0.0527. The van der Waals surface area contributed by atoms with Crippen molar-refractivity contribution in [1.82, 2.24) is 14.8 Å². The van der Waals surface area contributed by atoms with Gasteiger partial charge in [0, 0.05) is 31.9 Å². The number of hydrogen-bond donors (Lipinski definition) is 1. The lowest BCUT2D eigenvalue weighted by Gasteiger charge is -2.38. The normalized spacial score (nSPS) is 20.3. The van der Waals surface area contributed by atoms with Crippen LogP contribution in [0.3, 0.4) is 0 Å². The summed E-state index contributed by atoms with van der Waals surface area (Å²) in [5.41, 5.74) is 5.80. The number of piperazine rings is 1. The standard InChI is InChI=1S/C13H18N4O2/c1-9-8-16(2)5-6-17(9)13(19)11-4-3-10(7-15-11)12(14)18/h3-4,7,9H,5-6,8H2,1-2H3,(H2,14,18)/t9-/m1/s1. The van der Waals surface area contributed by atoms with Gasteiger partial charge in [0.25, 0.3) is 5.91 Å². The van der Waals surface area contributed by atoms with Crippen molar-refractivity contribution in [2.75, 3.05) is 26.7 Å². The molecular weight excluding hydrogens is 244 g/mol. The molecule has 0 spiro atoms. The minimum Gasteiger partial charge on any atom is -0.366 e. The summed E-state index contributed by atoms with van der Waals surface area (Å²) in [5.74, 6) is -0.643. The molecule has 6 heteroatoms. The van der Waals surface area contributed by atoms with E-state index < -0.39 is 5.91 Å². The summed E-state index contributed by atoms with van der Waals surface area (Å²) in [6, 6.07) is 3.24. The second-order valence-electron chi connectivity index (χ2n) is 4.91. The molecule has 2 amide bonds. The van der Waals surface area contributed by atoms with Gasteiger partial charge in [-0.1, -0.05) is 0 Å². The van der Waals surface area contributed by atoms with E-state index in [2.05, 4.69) is 9.88 Å². The topological polar surface area (TPSA) is 79.5 Å². The highest BCUT2D eigenvalue weighted by atomic mass is 16.2. The maximum Gasteiger partial charge on any atom is 0.272 e. The van der Waals surface area contributed by atoms with Crippen molar-refractivity contribution in [3.05, 3.63) is 29.6 Å². The van der Waals surface area contributed by atoms with E-state index >= 15 is 0 Å². The molecule has 0 unspecified atom stereocenters. The van der Waals surface area contributed by atoms with Crippen molar-refractivity contribution >= 4 is 11.8 Å². The SMILES string of the molecule is C[C@@H]1CN(C)CCN1C(=O)c1ccc(C(N)=O)cn1. The van der Waals surface area contributed by atoms with E-state index in [0.29, 0.717) is 17.8 Å². The fraction of sp³-hybridized carbons (Fsp3) is 0.462. The Morgan fingerprint density at radius 3 is 2.63 bits per heavy atom. The molecule has 1 fully saturated rings. The lowest BCUT2D eigenvalue weighted by Crippen LogP contribution is -2.52. The summed E-state index contributed by atoms with van der Waals surface area (Å²) >= 11 is 0. The number of carbonyl (C=O) groups excluding carboxylic acids is 2. The van der Waals surface area contributed by atoms with E-state index in [0.717, 1.165) is 13.1 Å². The van der Waals surface area contributed by atoms with Crippen LogP contribution < -0.4 is 5.73 Å². The molecule has 0 aliphatic carbocycles. The fourth-order valence-corrected chi connectivity index (χ4v) is 2.25. The largest absolute Gasteiger partial charge is 0.366 e. The van der Waals surface area contributed by atoms with Crippen LogP contribution >= 0.6 is 0 Å².